The summed E-state index contributed by atoms with van der Waals surface area (Å²) in [6.07, 6.45) is 0. The van der Waals surface area contributed by atoms with Gasteiger partial charge in [-0.05, 0) is 30.5 Å². The van der Waals surface area contributed by atoms with E-state index in [2.05, 4.69) is 10.3 Å². The van der Waals surface area contributed by atoms with E-state index in [0.29, 0.717) is 21.1 Å². The molecule has 0 spiro atoms. The number of rotatable bonds is 5. The molecule has 8 heteroatoms. The van der Waals surface area contributed by atoms with Crippen molar-refractivity contribution >= 4 is 50.2 Å². The fourth-order valence-electron chi connectivity index (χ4n) is 2.81. The van der Waals surface area contributed by atoms with E-state index in [0.717, 1.165) is 11.0 Å². The summed E-state index contributed by atoms with van der Waals surface area (Å²) < 4.78 is 7.27. The molecule has 0 aliphatic carbocycles. The van der Waals surface area contributed by atoms with Crippen molar-refractivity contribution in [3.05, 3.63) is 57.9 Å². The first kappa shape index (κ1) is 17.8. The number of benzene rings is 1. The summed E-state index contributed by atoms with van der Waals surface area (Å²) in [6, 6.07) is 11.2. The smallest absolute Gasteiger partial charge is 0.262 e. The molecule has 4 aromatic rings. The van der Waals surface area contributed by atoms with E-state index in [1.54, 1.807) is 13.1 Å². The van der Waals surface area contributed by atoms with Crippen LogP contribution in [0.4, 0.5) is 0 Å². The van der Waals surface area contributed by atoms with Crippen molar-refractivity contribution in [2.75, 3.05) is 5.75 Å². The first-order valence-electron chi connectivity index (χ1n) is 8.38. The second-order valence-corrected chi connectivity index (χ2v) is 8.00. The van der Waals surface area contributed by atoms with Crippen molar-refractivity contribution in [2.24, 2.45) is 7.05 Å². The number of aromatic nitrogens is 2. The van der Waals surface area contributed by atoms with Gasteiger partial charge in [-0.1, -0.05) is 30.0 Å². The Balaban J connectivity index is 1.43. The number of fused-ring (bicyclic) bond motifs is 2. The molecule has 138 valence electrons. The molecule has 1 amide bonds. The molecule has 1 aromatic carbocycles. The summed E-state index contributed by atoms with van der Waals surface area (Å²) in [5.41, 5.74) is 0.700. The lowest BCUT2D eigenvalue weighted by Crippen LogP contribution is -2.28. The van der Waals surface area contributed by atoms with Crippen molar-refractivity contribution in [1.82, 2.24) is 14.9 Å². The highest BCUT2D eigenvalue weighted by molar-refractivity contribution is 7.99. The molecule has 6 nitrogen and oxygen atoms in total. The topological polar surface area (TPSA) is 77.1 Å². The number of carbonyl (C=O) groups excluding carboxylic acids is 1. The minimum absolute atomic E-state index is 0.0974. The van der Waals surface area contributed by atoms with Gasteiger partial charge in [-0.3, -0.25) is 14.2 Å². The maximum atomic E-state index is 12.3. The normalized spacial score (nSPS) is 12.5. The van der Waals surface area contributed by atoms with Crippen molar-refractivity contribution in [2.45, 2.75) is 18.1 Å². The Hall–Kier alpha value is -2.58. The molecule has 0 saturated carbocycles. The number of carbonyl (C=O) groups is 1. The van der Waals surface area contributed by atoms with E-state index < -0.39 is 0 Å². The zero-order valence-corrected chi connectivity index (χ0v) is 16.4. The van der Waals surface area contributed by atoms with Crippen molar-refractivity contribution in [3.8, 4) is 0 Å². The van der Waals surface area contributed by atoms with Gasteiger partial charge in [-0.2, -0.15) is 0 Å². The molecule has 27 heavy (non-hydrogen) atoms. The van der Waals surface area contributed by atoms with Gasteiger partial charge in [0.25, 0.3) is 5.56 Å². The SMILES string of the molecule is C[C@@H](NC(=O)CSc1nc2sccc2c(=O)n1C)c1cc2ccccc2o1. The summed E-state index contributed by atoms with van der Waals surface area (Å²) in [5.74, 6) is 0.732. The van der Waals surface area contributed by atoms with Crippen LogP contribution in [-0.4, -0.2) is 21.2 Å². The van der Waals surface area contributed by atoms with Crippen LogP contribution in [0.1, 0.15) is 18.7 Å². The van der Waals surface area contributed by atoms with Gasteiger partial charge in [0, 0.05) is 12.4 Å². The largest absolute Gasteiger partial charge is 0.459 e. The minimum atomic E-state index is -0.248. The Kier molecular flexibility index (Phi) is 4.75. The molecule has 1 N–H and O–H groups in total. The molecule has 1 atom stereocenters. The molecule has 4 rings (SSSR count). The Morgan fingerprint density at radius 1 is 1.37 bits per heavy atom. The molecule has 3 aromatic heterocycles. The number of hydrogen-bond donors (Lipinski definition) is 1. The molecule has 0 bridgehead atoms. The van der Waals surface area contributed by atoms with Crippen LogP contribution < -0.4 is 10.9 Å². The predicted octanol–water partition coefficient (Wildman–Crippen LogP) is 3.71. The highest BCUT2D eigenvalue weighted by atomic mass is 32.2. The van der Waals surface area contributed by atoms with Gasteiger partial charge in [-0.15, -0.1) is 11.3 Å². The number of amides is 1. The number of nitrogens with one attached hydrogen (secondary N) is 1. The average Bonchev–Trinajstić information content (AvgIpc) is 3.30. The average molecular weight is 399 g/mol. The maximum absolute atomic E-state index is 12.3. The van der Waals surface area contributed by atoms with E-state index in [9.17, 15) is 9.59 Å². The Labute approximate surface area is 163 Å². The van der Waals surface area contributed by atoms with Crippen molar-refractivity contribution < 1.29 is 9.21 Å². The zero-order valence-electron chi connectivity index (χ0n) is 14.8. The highest BCUT2D eigenvalue weighted by Crippen LogP contribution is 2.24. The monoisotopic (exact) mass is 399 g/mol. The second kappa shape index (κ2) is 7.21. The van der Waals surface area contributed by atoms with Gasteiger partial charge in [0.15, 0.2) is 5.16 Å². The third-order valence-electron chi connectivity index (χ3n) is 4.25. The van der Waals surface area contributed by atoms with Gasteiger partial charge in [0.2, 0.25) is 5.91 Å². The third-order valence-corrected chi connectivity index (χ3v) is 6.08. The molecule has 0 fully saturated rings. The molecule has 0 unspecified atom stereocenters. The Morgan fingerprint density at radius 3 is 3.00 bits per heavy atom. The molecular formula is C19H17N3O3S2. The quantitative estimate of drug-likeness (QED) is 0.409. The molecule has 3 heterocycles. The number of thioether (sulfide) groups is 1. The molecule has 0 aliphatic heterocycles. The number of furan rings is 1. The summed E-state index contributed by atoms with van der Waals surface area (Å²) in [7, 11) is 1.67. The summed E-state index contributed by atoms with van der Waals surface area (Å²) in [5, 5.41) is 6.91. The van der Waals surface area contributed by atoms with Crippen LogP contribution in [-0.2, 0) is 11.8 Å². The van der Waals surface area contributed by atoms with Crippen LogP contribution in [0.25, 0.3) is 21.2 Å². The third kappa shape index (κ3) is 3.50. The molecule has 0 aliphatic rings. The summed E-state index contributed by atoms with van der Waals surface area (Å²) >= 11 is 2.66. The first-order valence-corrected chi connectivity index (χ1v) is 10.2. The highest BCUT2D eigenvalue weighted by Gasteiger charge is 2.16. The fraction of sp³-hybridized carbons (Fsp3) is 0.211. The van der Waals surface area contributed by atoms with E-state index in [1.807, 2.05) is 42.6 Å². The molecule has 0 saturated heterocycles. The van der Waals surface area contributed by atoms with Gasteiger partial charge < -0.3 is 9.73 Å². The van der Waals surface area contributed by atoms with Crippen LogP contribution in [0.2, 0.25) is 0 Å². The lowest BCUT2D eigenvalue weighted by atomic mass is 10.2. The van der Waals surface area contributed by atoms with Gasteiger partial charge in [0.05, 0.1) is 17.2 Å². The molecule has 0 radical (unpaired) electrons. The lowest BCUT2D eigenvalue weighted by Gasteiger charge is -2.11. The minimum Gasteiger partial charge on any atom is -0.459 e. The van der Waals surface area contributed by atoms with E-state index in [4.69, 9.17) is 4.42 Å². The first-order chi connectivity index (χ1) is 13.0. The van der Waals surface area contributed by atoms with Gasteiger partial charge >= 0.3 is 0 Å². The van der Waals surface area contributed by atoms with Crippen LogP contribution >= 0.6 is 23.1 Å². The lowest BCUT2D eigenvalue weighted by molar-refractivity contribution is -0.119. The summed E-state index contributed by atoms with van der Waals surface area (Å²) in [4.78, 5) is 29.8. The van der Waals surface area contributed by atoms with Crippen LogP contribution in [0, 0.1) is 0 Å². The zero-order chi connectivity index (χ0) is 19.0. The number of hydrogen-bond acceptors (Lipinski definition) is 6. The van der Waals surface area contributed by atoms with Crippen LogP contribution in [0.15, 0.2) is 56.1 Å². The van der Waals surface area contributed by atoms with E-state index in [-0.39, 0.29) is 23.3 Å². The number of para-hydroxylation sites is 1. The van der Waals surface area contributed by atoms with E-state index in [1.165, 1.54) is 27.7 Å². The van der Waals surface area contributed by atoms with E-state index >= 15 is 0 Å². The summed E-state index contributed by atoms with van der Waals surface area (Å²) in [6.45, 7) is 1.88. The second-order valence-electron chi connectivity index (χ2n) is 6.16. The number of thiophene rings is 1. The molecular weight excluding hydrogens is 382 g/mol. The van der Waals surface area contributed by atoms with Gasteiger partial charge in [-0.25, -0.2) is 4.98 Å². The van der Waals surface area contributed by atoms with Crippen molar-refractivity contribution in [1.29, 1.82) is 0 Å². The van der Waals surface area contributed by atoms with Crippen molar-refractivity contribution in [3.63, 3.8) is 0 Å². The Morgan fingerprint density at radius 2 is 2.19 bits per heavy atom. The van der Waals surface area contributed by atoms with Crippen LogP contribution in [0.3, 0.4) is 0 Å². The Bertz CT molecular complexity index is 1160. The number of nitrogens with zero attached hydrogens (tertiary/aromatic N) is 2. The maximum Gasteiger partial charge on any atom is 0.262 e. The predicted molar refractivity (Wildman–Crippen MR) is 108 cm³/mol. The van der Waals surface area contributed by atoms with Gasteiger partial charge in [0.1, 0.15) is 16.2 Å². The fourth-order valence-corrected chi connectivity index (χ4v) is 4.40. The standard InChI is InChI=1S/C19H17N3O3S2/c1-11(15-9-12-5-3-4-6-14(12)25-15)20-16(23)10-27-19-21-17-13(7-8-26-17)18(24)22(19)2/h3-9,11H,10H2,1-2H3,(H,20,23)/t11-/m1/s1. The van der Waals surface area contributed by atoms with Crippen LogP contribution in [0.5, 0.6) is 0 Å².